The molecule has 0 saturated carbocycles. The Morgan fingerprint density at radius 3 is 2.62 bits per heavy atom. The predicted octanol–water partition coefficient (Wildman–Crippen LogP) is 3.38. The maximum atomic E-state index is 13.0. The highest BCUT2D eigenvalue weighted by Crippen LogP contribution is 2.30. The Morgan fingerprint density at radius 1 is 1.29 bits per heavy atom. The topological polar surface area (TPSA) is 76.7 Å². The van der Waals surface area contributed by atoms with Crippen LogP contribution in [0.25, 0.3) is 0 Å². The fraction of sp³-hybridized carbons (Fsp3) is 0. The molecular formula is C14H11BrFN3O2. The minimum Gasteiger partial charge on any atom is -0.456 e. The van der Waals surface area contributed by atoms with Crippen molar-refractivity contribution in [2.24, 2.45) is 10.8 Å². The smallest absolute Gasteiger partial charge is 0.332 e. The Kier molecular flexibility index (Phi) is 4.89. The lowest BCUT2D eigenvalue weighted by Gasteiger charge is -2.07. The molecule has 0 aliphatic carbocycles. The summed E-state index contributed by atoms with van der Waals surface area (Å²) in [7, 11) is 0. The fourth-order valence-corrected chi connectivity index (χ4v) is 1.91. The van der Waals surface area contributed by atoms with Crippen LogP contribution in [-0.2, 0) is 0 Å². The molecule has 108 valence electrons. The third kappa shape index (κ3) is 4.57. The number of urea groups is 1. The molecule has 2 aromatic rings. The molecule has 7 heteroatoms. The predicted molar refractivity (Wildman–Crippen MR) is 80.9 cm³/mol. The van der Waals surface area contributed by atoms with Crippen LogP contribution in [0.2, 0.25) is 0 Å². The molecule has 0 saturated heterocycles. The summed E-state index contributed by atoms with van der Waals surface area (Å²) in [5.41, 5.74) is 7.73. The van der Waals surface area contributed by atoms with Crippen LogP contribution < -0.4 is 15.9 Å². The number of benzene rings is 2. The van der Waals surface area contributed by atoms with Crippen LogP contribution in [0.1, 0.15) is 5.56 Å². The van der Waals surface area contributed by atoms with Gasteiger partial charge in [0.25, 0.3) is 0 Å². The Balaban J connectivity index is 2.05. The molecule has 2 aromatic carbocycles. The number of nitrogens with zero attached hydrogens (tertiary/aromatic N) is 1. The van der Waals surface area contributed by atoms with Crippen molar-refractivity contribution in [1.82, 2.24) is 5.43 Å². The van der Waals surface area contributed by atoms with Crippen molar-refractivity contribution in [1.29, 1.82) is 0 Å². The number of carbonyl (C=O) groups excluding carboxylic acids is 1. The molecule has 0 spiro atoms. The third-order valence-electron chi connectivity index (χ3n) is 2.39. The Morgan fingerprint density at radius 2 is 2.00 bits per heavy atom. The number of hydrazone groups is 1. The van der Waals surface area contributed by atoms with Gasteiger partial charge in [-0.25, -0.2) is 14.6 Å². The average molecular weight is 352 g/mol. The van der Waals surface area contributed by atoms with E-state index in [2.05, 4.69) is 26.5 Å². The first-order chi connectivity index (χ1) is 10.0. The van der Waals surface area contributed by atoms with E-state index in [0.29, 0.717) is 16.0 Å². The highest BCUT2D eigenvalue weighted by Gasteiger charge is 2.04. The van der Waals surface area contributed by atoms with E-state index < -0.39 is 6.03 Å². The van der Waals surface area contributed by atoms with Crippen LogP contribution in [0.5, 0.6) is 11.5 Å². The van der Waals surface area contributed by atoms with Crippen LogP contribution in [0, 0.1) is 5.82 Å². The van der Waals surface area contributed by atoms with Gasteiger partial charge in [0, 0.05) is 0 Å². The second-order valence-electron chi connectivity index (χ2n) is 3.98. The molecule has 0 unspecified atom stereocenters. The van der Waals surface area contributed by atoms with Crippen LogP contribution >= 0.6 is 15.9 Å². The van der Waals surface area contributed by atoms with Crippen LogP contribution in [-0.4, -0.2) is 12.2 Å². The summed E-state index contributed by atoms with van der Waals surface area (Å²) in [4.78, 5) is 10.4. The largest absolute Gasteiger partial charge is 0.456 e. The minimum atomic E-state index is -0.729. The number of carbonyl (C=O) groups is 1. The summed E-state index contributed by atoms with van der Waals surface area (Å²) in [6, 6.07) is 10.4. The maximum absolute atomic E-state index is 13.0. The number of primary amides is 1. The SMILES string of the molecule is NC(=O)N/N=C/c1ccc(Oc2ccc(F)cc2Br)cc1. The third-order valence-corrected chi connectivity index (χ3v) is 3.01. The van der Waals surface area contributed by atoms with Crippen molar-refractivity contribution in [3.8, 4) is 11.5 Å². The lowest BCUT2D eigenvalue weighted by Crippen LogP contribution is -2.24. The van der Waals surface area contributed by atoms with Crippen molar-refractivity contribution < 1.29 is 13.9 Å². The van der Waals surface area contributed by atoms with Gasteiger partial charge in [0.2, 0.25) is 0 Å². The molecule has 0 fully saturated rings. The van der Waals surface area contributed by atoms with E-state index in [1.807, 2.05) is 0 Å². The molecule has 2 amide bonds. The van der Waals surface area contributed by atoms with Gasteiger partial charge in [0.1, 0.15) is 17.3 Å². The zero-order valence-corrected chi connectivity index (χ0v) is 12.3. The second-order valence-corrected chi connectivity index (χ2v) is 4.83. The van der Waals surface area contributed by atoms with E-state index >= 15 is 0 Å². The normalized spacial score (nSPS) is 10.6. The molecule has 5 nitrogen and oxygen atoms in total. The Hall–Kier alpha value is -2.41. The standard InChI is InChI=1S/C14H11BrFN3O2/c15-12-7-10(16)3-6-13(12)21-11-4-1-9(2-5-11)8-18-19-14(17)20/h1-8H,(H3,17,19,20)/b18-8+. The molecule has 0 aliphatic heterocycles. The summed E-state index contributed by atoms with van der Waals surface area (Å²) in [6.45, 7) is 0. The summed E-state index contributed by atoms with van der Waals surface area (Å²) in [5.74, 6) is 0.748. The van der Waals surface area contributed by atoms with Gasteiger partial charge >= 0.3 is 6.03 Å². The first-order valence-corrected chi connectivity index (χ1v) is 6.65. The monoisotopic (exact) mass is 351 g/mol. The van der Waals surface area contributed by atoms with E-state index in [1.165, 1.54) is 24.4 Å². The molecule has 2 rings (SSSR count). The molecule has 0 radical (unpaired) electrons. The second kappa shape index (κ2) is 6.85. The number of amides is 2. The molecule has 0 atom stereocenters. The average Bonchev–Trinajstić information content (AvgIpc) is 2.43. The minimum absolute atomic E-state index is 0.345. The van der Waals surface area contributed by atoms with Crippen LogP contribution in [0.15, 0.2) is 52.0 Å². The maximum Gasteiger partial charge on any atom is 0.332 e. The summed E-state index contributed by atoms with van der Waals surface area (Å²) < 4.78 is 19.1. The molecule has 0 heterocycles. The first-order valence-electron chi connectivity index (χ1n) is 5.86. The number of hydrogen-bond acceptors (Lipinski definition) is 3. The van der Waals surface area contributed by atoms with Crippen LogP contribution in [0.3, 0.4) is 0 Å². The van der Waals surface area contributed by atoms with Crippen molar-refractivity contribution in [2.75, 3.05) is 0 Å². The lowest BCUT2D eigenvalue weighted by atomic mass is 10.2. The summed E-state index contributed by atoms with van der Waals surface area (Å²) >= 11 is 3.23. The van der Waals surface area contributed by atoms with Gasteiger partial charge in [-0.05, 0) is 64.0 Å². The lowest BCUT2D eigenvalue weighted by molar-refractivity contribution is 0.249. The number of hydrogen-bond donors (Lipinski definition) is 2. The zero-order chi connectivity index (χ0) is 15.2. The molecule has 3 N–H and O–H groups in total. The van der Waals surface area contributed by atoms with Crippen molar-refractivity contribution in [2.45, 2.75) is 0 Å². The van der Waals surface area contributed by atoms with Gasteiger partial charge in [-0.15, -0.1) is 0 Å². The molecule has 0 aromatic heterocycles. The van der Waals surface area contributed by atoms with E-state index in [-0.39, 0.29) is 5.82 Å². The fourth-order valence-electron chi connectivity index (χ4n) is 1.48. The number of rotatable bonds is 4. The van der Waals surface area contributed by atoms with E-state index in [0.717, 1.165) is 5.56 Å². The van der Waals surface area contributed by atoms with Gasteiger partial charge in [-0.3, -0.25) is 0 Å². The molecule has 21 heavy (non-hydrogen) atoms. The van der Waals surface area contributed by atoms with Gasteiger partial charge in [-0.2, -0.15) is 5.10 Å². The molecule has 0 aliphatic rings. The van der Waals surface area contributed by atoms with Gasteiger partial charge in [-0.1, -0.05) is 0 Å². The number of ether oxygens (including phenoxy) is 1. The Labute approximate surface area is 128 Å². The van der Waals surface area contributed by atoms with E-state index in [1.54, 1.807) is 24.3 Å². The highest BCUT2D eigenvalue weighted by atomic mass is 79.9. The van der Waals surface area contributed by atoms with Crippen LogP contribution in [0.4, 0.5) is 9.18 Å². The van der Waals surface area contributed by atoms with Gasteiger partial charge in [0.05, 0.1) is 10.7 Å². The molecule has 0 bridgehead atoms. The van der Waals surface area contributed by atoms with E-state index in [4.69, 9.17) is 10.5 Å². The number of nitrogens with one attached hydrogen (secondary N) is 1. The zero-order valence-electron chi connectivity index (χ0n) is 10.7. The van der Waals surface area contributed by atoms with Crippen molar-refractivity contribution >= 4 is 28.2 Å². The quantitative estimate of drug-likeness (QED) is 0.654. The Bertz CT molecular complexity index is 674. The van der Waals surface area contributed by atoms with Crippen molar-refractivity contribution in [3.63, 3.8) is 0 Å². The number of halogens is 2. The highest BCUT2D eigenvalue weighted by molar-refractivity contribution is 9.10. The summed E-state index contributed by atoms with van der Waals surface area (Å²) in [6.07, 6.45) is 1.45. The van der Waals surface area contributed by atoms with E-state index in [9.17, 15) is 9.18 Å². The number of nitrogens with two attached hydrogens (primary N) is 1. The molecular weight excluding hydrogens is 341 g/mol. The summed E-state index contributed by atoms with van der Waals surface area (Å²) in [5, 5.41) is 3.64. The first kappa shape index (κ1) is 15.0. The van der Waals surface area contributed by atoms with Crippen molar-refractivity contribution in [3.05, 3.63) is 58.3 Å². The van der Waals surface area contributed by atoms with Gasteiger partial charge < -0.3 is 10.5 Å². The van der Waals surface area contributed by atoms with Gasteiger partial charge in [0.15, 0.2) is 0 Å².